The SMILES string of the molecule is CO[C@H](c1ccccc1)[C@@H](O)CN1CCN(C[C@@H](OC)c2ccccc2)CC1. The number of rotatable bonds is 9. The normalized spacial score (nSPS) is 19.2. The molecule has 2 aromatic rings. The van der Waals surface area contributed by atoms with Gasteiger partial charge in [-0.1, -0.05) is 60.7 Å². The van der Waals surface area contributed by atoms with Crippen LogP contribution in [-0.2, 0) is 9.47 Å². The van der Waals surface area contributed by atoms with Crippen molar-refractivity contribution in [2.45, 2.75) is 18.3 Å². The first-order valence-electron chi connectivity index (χ1n) is 9.99. The average Bonchev–Trinajstić information content (AvgIpc) is 2.75. The Hall–Kier alpha value is -1.76. The van der Waals surface area contributed by atoms with Crippen LogP contribution >= 0.6 is 0 Å². The Bertz CT molecular complexity index is 675. The van der Waals surface area contributed by atoms with Gasteiger partial charge in [0.05, 0.1) is 12.2 Å². The van der Waals surface area contributed by atoms with Crippen LogP contribution in [0.15, 0.2) is 60.7 Å². The van der Waals surface area contributed by atoms with E-state index in [0.29, 0.717) is 6.54 Å². The molecule has 5 nitrogen and oxygen atoms in total. The Morgan fingerprint density at radius 3 is 1.75 bits per heavy atom. The second kappa shape index (κ2) is 10.7. The number of hydrogen-bond donors (Lipinski definition) is 1. The molecule has 1 fully saturated rings. The maximum atomic E-state index is 10.7. The number of nitrogens with zero attached hydrogens (tertiary/aromatic N) is 2. The first-order chi connectivity index (χ1) is 13.7. The van der Waals surface area contributed by atoms with Crippen molar-refractivity contribution >= 4 is 0 Å². The van der Waals surface area contributed by atoms with Crippen molar-refractivity contribution in [1.29, 1.82) is 0 Å². The lowest BCUT2D eigenvalue weighted by molar-refractivity contribution is -0.0376. The highest BCUT2D eigenvalue weighted by atomic mass is 16.5. The fourth-order valence-electron chi connectivity index (χ4n) is 3.89. The molecule has 1 N–H and O–H groups in total. The van der Waals surface area contributed by atoms with Gasteiger partial charge in [-0.25, -0.2) is 0 Å². The smallest absolute Gasteiger partial charge is 0.109 e. The highest BCUT2D eigenvalue weighted by Crippen LogP contribution is 2.22. The van der Waals surface area contributed by atoms with Crippen molar-refractivity contribution in [2.24, 2.45) is 0 Å². The molecule has 0 aromatic heterocycles. The summed E-state index contributed by atoms with van der Waals surface area (Å²) in [6.45, 7) is 5.33. The minimum atomic E-state index is -0.546. The monoisotopic (exact) mass is 384 g/mol. The quantitative estimate of drug-likeness (QED) is 0.720. The summed E-state index contributed by atoms with van der Waals surface area (Å²) >= 11 is 0. The second-order valence-corrected chi connectivity index (χ2v) is 7.37. The van der Waals surface area contributed by atoms with Gasteiger partial charge in [0.25, 0.3) is 0 Å². The molecule has 3 atom stereocenters. The van der Waals surface area contributed by atoms with Crippen molar-refractivity contribution in [3.05, 3.63) is 71.8 Å². The maximum Gasteiger partial charge on any atom is 0.109 e. The molecule has 152 valence electrons. The highest BCUT2D eigenvalue weighted by Gasteiger charge is 2.26. The van der Waals surface area contributed by atoms with Gasteiger partial charge in [-0.2, -0.15) is 0 Å². The van der Waals surface area contributed by atoms with Gasteiger partial charge in [0.1, 0.15) is 6.10 Å². The van der Waals surface area contributed by atoms with E-state index in [0.717, 1.165) is 38.3 Å². The minimum Gasteiger partial charge on any atom is -0.389 e. The molecule has 1 saturated heterocycles. The summed E-state index contributed by atoms with van der Waals surface area (Å²) in [6.07, 6.45) is -0.750. The van der Waals surface area contributed by atoms with Crippen LogP contribution in [0.3, 0.4) is 0 Å². The van der Waals surface area contributed by atoms with E-state index in [1.54, 1.807) is 14.2 Å². The Morgan fingerprint density at radius 2 is 1.25 bits per heavy atom. The predicted molar refractivity (Wildman–Crippen MR) is 111 cm³/mol. The summed E-state index contributed by atoms with van der Waals surface area (Å²) in [7, 11) is 3.44. The molecule has 0 amide bonds. The average molecular weight is 385 g/mol. The molecule has 5 heteroatoms. The third-order valence-electron chi connectivity index (χ3n) is 5.52. The Labute approximate surface area is 168 Å². The predicted octanol–water partition coefficient (Wildman–Crippen LogP) is 2.74. The fourth-order valence-corrected chi connectivity index (χ4v) is 3.89. The zero-order valence-electron chi connectivity index (χ0n) is 16.9. The first-order valence-corrected chi connectivity index (χ1v) is 9.99. The summed E-state index contributed by atoms with van der Waals surface area (Å²) in [6, 6.07) is 20.3. The number of methoxy groups -OCH3 is 2. The fraction of sp³-hybridized carbons (Fsp3) is 0.478. The highest BCUT2D eigenvalue weighted by molar-refractivity contribution is 5.19. The number of benzene rings is 2. The van der Waals surface area contributed by atoms with Gasteiger partial charge in [0, 0.05) is 53.5 Å². The second-order valence-electron chi connectivity index (χ2n) is 7.37. The zero-order chi connectivity index (χ0) is 19.8. The lowest BCUT2D eigenvalue weighted by atomic mass is 10.0. The van der Waals surface area contributed by atoms with E-state index in [9.17, 15) is 5.11 Å². The van der Waals surface area contributed by atoms with E-state index in [1.807, 2.05) is 36.4 Å². The molecule has 0 aliphatic carbocycles. The number of β-amino-alcohol motifs (C(OH)–C–C–N with tert-alkyl or cyclic N) is 1. The Morgan fingerprint density at radius 1 is 0.750 bits per heavy atom. The topological polar surface area (TPSA) is 45.2 Å². The van der Waals surface area contributed by atoms with E-state index in [-0.39, 0.29) is 12.2 Å². The molecule has 1 aliphatic rings. The van der Waals surface area contributed by atoms with Gasteiger partial charge in [0.15, 0.2) is 0 Å². The Balaban J connectivity index is 1.48. The van der Waals surface area contributed by atoms with E-state index >= 15 is 0 Å². The van der Waals surface area contributed by atoms with Gasteiger partial charge in [-0.3, -0.25) is 9.80 Å². The molecule has 0 saturated carbocycles. The third-order valence-corrected chi connectivity index (χ3v) is 5.52. The van der Waals surface area contributed by atoms with Crippen LogP contribution < -0.4 is 0 Å². The van der Waals surface area contributed by atoms with Gasteiger partial charge in [-0.15, -0.1) is 0 Å². The first kappa shape index (κ1) is 21.0. The van der Waals surface area contributed by atoms with Crippen molar-refractivity contribution in [3.8, 4) is 0 Å². The minimum absolute atomic E-state index is 0.0919. The van der Waals surface area contributed by atoms with Gasteiger partial charge < -0.3 is 14.6 Å². The van der Waals surface area contributed by atoms with E-state index in [2.05, 4.69) is 34.1 Å². The molecular weight excluding hydrogens is 352 g/mol. The summed E-state index contributed by atoms with van der Waals surface area (Å²) in [4.78, 5) is 4.76. The van der Waals surface area contributed by atoms with Crippen LogP contribution in [0.1, 0.15) is 23.3 Å². The molecule has 1 aliphatic heterocycles. The Kier molecular flexibility index (Phi) is 8.01. The summed E-state index contributed by atoms with van der Waals surface area (Å²) in [5.41, 5.74) is 2.23. The van der Waals surface area contributed by atoms with Crippen LogP contribution in [0, 0.1) is 0 Å². The van der Waals surface area contributed by atoms with Crippen LogP contribution in [-0.4, -0.2) is 74.5 Å². The lowest BCUT2D eigenvalue weighted by Gasteiger charge is -2.37. The third kappa shape index (κ3) is 5.63. The molecule has 1 heterocycles. The number of aliphatic hydroxyl groups excluding tert-OH is 1. The van der Waals surface area contributed by atoms with Crippen LogP contribution in [0.4, 0.5) is 0 Å². The van der Waals surface area contributed by atoms with Crippen molar-refractivity contribution in [1.82, 2.24) is 9.80 Å². The van der Waals surface area contributed by atoms with Crippen LogP contribution in [0.2, 0.25) is 0 Å². The van der Waals surface area contributed by atoms with Gasteiger partial charge in [0.2, 0.25) is 0 Å². The standard InChI is InChI=1S/C23H32N2O3/c1-27-22(19-9-5-3-6-10-19)18-25-15-13-24(14-16-25)17-21(26)23(28-2)20-11-7-4-8-12-20/h3-12,21-23,26H,13-18H2,1-2H3/t21-,22+,23+/m0/s1. The summed E-state index contributed by atoms with van der Waals surface area (Å²) < 4.78 is 11.3. The number of aliphatic hydroxyl groups is 1. The molecular formula is C23H32N2O3. The maximum absolute atomic E-state index is 10.7. The molecule has 0 bridgehead atoms. The van der Waals surface area contributed by atoms with Gasteiger partial charge >= 0.3 is 0 Å². The summed E-state index contributed by atoms with van der Waals surface area (Å²) in [5.74, 6) is 0. The van der Waals surface area contributed by atoms with Crippen LogP contribution in [0.25, 0.3) is 0 Å². The van der Waals surface area contributed by atoms with Crippen LogP contribution in [0.5, 0.6) is 0 Å². The van der Waals surface area contributed by atoms with E-state index < -0.39 is 6.10 Å². The molecule has 0 spiro atoms. The zero-order valence-corrected chi connectivity index (χ0v) is 16.9. The number of hydrogen-bond acceptors (Lipinski definition) is 5. The van der Waals surface area contributed by atoms with Crippen molar-refractivity contribution < 1.29 is 14.6 Å². The number of ether oxygens (including phenoxy) is 2. The van der Waals surface area contributed by atoms with Gasteiger partial charge in [-0.05, 0) is 11.1 Å². The van der Waals surface area contributed by atoms with Crippen molar-refractivity contribution in [2.75, 3.05) is 53.5 Å². The molecule has 3 rings (SSSR count). The molecule has 2 aromatic carbocycles. The van der Waals surface area contributed by atoms with E-state index in [1.165, 1.54) is 5.56 Å². The molecule has 0 unspecified atom stereocenters. The summed E-state index contributed by atoms with van der Waals surface area (Å²) in [5, 5.41) is 10.7. The molecule has 28 heavy (non-hydrogen) atoms. The van der Waals surface area contributed by atoms with E-state index in [4.69, 9.17) is 9.47 Å². The number of piperazine rings is 1. The molecule has 0 radical (unpaired) electrons. The van der Waals surface area contributed by atoms with Crippen molar-refractivity contribution in [3.63, 3.8) is 0 Å². The largest absolute Gasteiger partial charge is 0.389 e. The lowest BCUT2D eigenvalue weighted by Crippen LogP contribution is -2.50.